The molecule has 2 atom stereocenters. The van der Waals surface area contributed by atoms with Crippen LogP contribution in [0.2, 0.25) is 0 Å². The Morgan fingerprint density at radius 2 is 2.24 bits per heavy atom. The van der Waals surface area contributed by atoms with Crippen LogP contribution in [0.3, 0.4) is 0 Å². The summed E-state index contributed by atoms with van der Waals surface area (Å²) in [7, 11) is 0. The van der Waals surface area contributed by atoms with E-state index in [1.165, 1.54) is 17.0 Å². The van der Waals surface area contributed by atoms with Crippen molar-refractivity contribution in [1.29, 1.82) is 0 Å². The number of halogens is 1. The topological polar surface area (TPSA) is 41.6 Å². The molecule has 0 spiro atoms. The second kappa shape index (κ2) is 6.39. The van der Waals surface area contributed by atoms with Crippen molar-refractivity contribution in [1.82, 2.24) is 0 Å². The lowest BCUT2D eigenvalue weighted by molar-refractivity contribution is 0.110. The van der Waals surface area contributed by atoms with Crippen LogP contribution in [0.4, 0.5) is 20.6 Å². The molecule has 0 bridgehead atoms. The van der Waals surface area contributed by atoms with E-state index in [0.29, 0.717) is 22.8 Å². The third-order valence-electron chi connectivity index (χ3n) is 3.55. The summed E-state index contributed by atoms with van der Waals surface area (Å²) in [5.41, 5.74) is 1.08. The Kier molecular flexibility index (Phi) is 4.77. The zero-order chi connectivity index (χ0) is 15.6. The Bertz CT molecular complexity index is 565. The van der Waals surface area contributed by atoms with Crippen LogP contribution in [0.25, 0.3) is 0 Å². The minimum atomic E-state index is -0.494. The summed E-state index contributed by atoms with van der Waals surface area (Å²) in [6.45, 7) is 5.68. The summed E-state index contributed by atoms with van der Waals surface area (Å²) in [4.78, 5) is 14.4. The van der Waals surface area contributed by atoms with Gasteiger partial charge < -0.3 is 10.1 Å². The molecule has 1 unspecified atom stereocenters. The number of fused-ring (bicyclic) bond motifs is 1. The number of thiocarbonyl (C=S) groups is 1. The van der Waals surface area contributed by atoms with E-state index in [1.54, 1.807) is 6.07 Å². The average Bonchev–Trinajstić information content (AvgIpc) is 2.45. The molecule has 1 heterocycles. The first-order valence-corrected chi connectivity index (χ1v) is 7.49. The summed E-state index contributed by atoms with van der Waals surface area (Å²) >= 11 is 5.32. The lowest BCUT2D eigenvalue weighted by Gasteiger charge is -2.37. The standard InChI is InChI=1S/C15H19FN2O2S/c1-4-9(3)20-15(19)18-12(5-2)14(21)17-11-7-6-10(16)8-13(11)18/h6-9,12H,4-5H2,1-3H3,(H,17,21)/t9?,12-/m0/s1. The van der Waals surface area contributed by atoms with E-state index >= 15 is 0 Å². The van der Waals surface area contributed by atoms with Gasteiger partial charge >= 0.3 is 6.09 Å². The molecular formula is C15H19FN2O2S. The molecule has 0 fully saturated rings. The highest BCUT2D eigenvalue weighted by Gasteiger charge is 2.35. The number of carbonyl (C=O) groups is 1. The largest absolute Gasteiger partial charge is 0.446 e. The van der Waals surface area contributed by atoms with Crippen molar-refractivity contribution >= 4 is 34.7 Å². The third kappa shape index (κ3) is 3.15. The Morgan fingerprint density at radius 3 is 2.86 bits per heavy atom. The average molecular weight is 310 g/mol. The number of hydrogen-bond donors (Lipinski definition) is 1. The highest BCUT2D eigenvalue weighted by molar-refractivity contribution is 7.80. The lowest BCUT2D eigenvalue weighted by Crippen LogP contribution is -2.50. The maximum atomic E-state index is 13.5. The fourth-order valence-corrected chi connectivity index (χ4v) is 2.60. The molecule has 6 heteroatoms. The minimum Gasteiger partial charge on any atom is -0.446 e. The molecule has 0 aliphatic carbocycles. The fraction of sp³-hybridized carbons (Fsp3) is 0.467. The van der Waals surface area contributed by atoms with Crippen LogP contribution >= 0.6 is 12.2 Å². The molecule has 21 heavy (non-hydrogen) atoms. The number of nitrogens with one attached hydrogen (secondary N) is 1. The van der Waals surface area contributed by atoms with Gasteiger partial charge in [0.2, 0.25) is 0 Å². The smallest absolute Gasteiger partial charge is 0.415 e. The van der Waals surface area contributed by atoms with Gasteiger partial charge in [-0.25, -0.2) is 9.18 Å². The van der Waals surface area contributed by atoms with E-state index in [0.717, 1.165) is 6.42 Å². The van der Waals surface area contributed by atoms with Gasteiger partial charge in [0.15, 0.2) is 0 Å². The van der Waals surface area contributed by atoms with Gasteiger partial charge in [0, 0.05) is 0 Å². The number of ether oxygens (including phenoxy) is 1. The molecule has 1 aliphatic rings. The number of rotatable bonds is 3. The number of amides is 1. The van der Waals surface area contributed by atoms with Crippen LogP contribution < -0.4 is 10.2 Å². The number of carbonyl (C=O) groups excluding carboxylic acids is 1. The van der Waals surface area contributed by atoms with Gasteiger partial charge in [-0.3, -0.25) is 4.90 Å². The fourth-order valence-electron chi connectivity index (χ4n) is 2.22. The van der Waals surface area contributed by atoms with E-state index in [1.807, 2.05) is 20.8 Å². The van der Waals surface area contributed by atoms with Crippen LogP contribution in [0.15, 0.2) is 18.2 Å². The van der Waals surface area contributed by atoms with E-state index in [9.17, 15) is 9.18 Å². The Balaban J connectivity index is 2.41. The van der Waals surface area contributed by atoms with Crippen molar-refractivity contribution in [2.75, 3.05) is 10.2 Å². The lowest BCUT2D eigenvalue weighted by atomic mass is 10.1. The zero-order valence-electron chi connectivity index (χ0n) is 12.4. The van der Waals surface area contributed by atoms with Crippen LogP contribution in [-0.4, -0.2) is 23.2 Å². The Morgan fingerprint density at radius 1 is 1.52 bits per heavy atom. The van der Waals surface area contributed by atoms with Gasteiger partial charge in [-0.1, -0.05) is 26.1 Å². The predicted molar refractivity (Wildman–Crippen MR) is 85.4 cm³/mol. The highest BCUT2D eigenvalue weighted by atomic mass is 32.1. The number of hydrogen-bond acceptors (Lipinski definition) is 3. The Labute approximate surface area is 129 Å². The molecule has 0 aromatic heterocycles. The first-order valence-electron chi connectivity index (χ1n) is 7.08. The number of nitrogens with zero attached hydrogens (tertiary/aromatic N) is 1. The van der Waals surface area contributed by atoms with Crippen LogP contribution in [0.5, 0.6) is 0 Å². The first kappa shape index (κ1) is 15.7. The van der Waals surface area contributed by atoms with Gasteiger partial charge in [0.25, 0.3) is 0 Å². The molecular weight excluding hydrogens is 291 g/mol. The summed E-state index contributed by atoms with van der Waals surface area (Å²) in [5.74, 6) is -0.403. The van der Waals surface area contributed by atoms with E-state index in [2.05, 4.69) is 5.32 Å². The first-order chi connectivity index (χ1) is 9.97. The summed E-state index contributed by atoms with van der Waals surface area (Å²) < 4.78 is 18.9. The molecule has 1 N–H and O–H groups in total. The van der Waals surface area contributed by atoms with E-state index in [-0.39, 0.29) is 12.1 Å². The molecule has 114 valence electrons. The molecule has 4 nitrogen and oxygen atoms in total. The van der Waals surface area contributed by atoms with Crippen molar-refractivity contribution < 1.29 is 13.9 Å². The highest BCUT2D eigenvalue weighted by Crippen LogP contribution is 2.34. The molecule has 1 amide bonds. The monoisotopic (exact) mass is 310 g/mol. The summed E-state index contributed by atoms with van der Waals surface area (Å²) in [6, 6.07) is 3.90. The van der Waals surface area contributed by atoms with Crippen LogP contribution in [0.1, 0.15) is 33.6 Å². The van der Waals surface area contributed by atoms with E-state index in [4.69, 9.17) is 17.0 Å². The van der Waals surface area contributed by atoms with Crippen molar-refractivity contribution in [2.24, 2.45) is 0 Å². The third-order valence-corrected chi connectivity index (χ3v) is 3.93. The molecule has 1 aromatic rings. The van der Waals surface area contributed by atoms with Crippen LogP contribution in [0, 0.1) is 5.82 Å². The molecule has 0 radical (unpaired) electrons. The zero-order valence-corrected chi connectivity index (χ0v) is 13.2. The van der Waals surface area contributed by atoms with Crippen molar-refractivity contribution in [3.8, 4) is 0 Å². The van der Waals surface area contributed by atoms with Crippen molar-refractivity contribution in [3.05, 3.63) is 24.0 Å². The summed E-state index contributed by atoms with van der Waals surface area (Å²) in [6.07, 6.45) is 0.648. The molecule has 0 saturated heterocycles. The molecule has 2 rings (SSSR count). The molecule has 1 aliphatic heterocycles. The van der Waals surface area contributed by atoms with E-state index < -0.39 is 11.9 Å². The van der Waals surface area contributed by atoms with Gasteiger partial charge in [-0.2, -0.15) is 0 Å². The molecule has 0 saturated carbocycles. The second-order valence-corrected chi connectivity index (χ2v) is 5.49. The van der Waals surface area contributed by atoms with Crippen molar-refractivity contribution in [2.45, 2.75) is 45.8 Å². The molecule has 1 aromatic carbocycles. The number of benzene rings is 1. The Hall–Kier alpha value is -1.69. The second-order valence-electron chi connectivity index (χ2n) is 5.05. The number of anilines is 2. The van der Waals surface area contributed by atoms with Crippen molar-refractivity contribution in [3.63, 3.8) is 0 Å². The van der Waals surface area contributed by atoms with Gasteiger partial charge in [0.1, 0.15) is 16.9 Å². The van der Waals surface area contributed by atoms with Gasteiger partial charge in [-0.05, 0) is 38.0 Å². The van der Waals surface area contributed by atoms with Gasteiger partial charge in [0.05, 0.1) is 17.4 Å². The van der Waals surface area contributed by atoms with Gasteiger partial charge in [-0.15, -0.1) is 0 Å². The maximum absolute atomic E-state index is 13.5. The SMILES string of the molecule is CCC(C)OC(=O)N1c2cc(F)ccc2NC(=S)[C@@H]1CC. The van der Waals surface area contributed by atoms with Crippen LogP contribution in [-0.2, 0) is 4.74 Å². The summed E-state index contributed by atoms with van der Waals surface area (Å²) in [5, 5.41) is 3.06. The predicted octanol–water partition coefficient (Wildman–Crippen LogP) is 4.10. The minimum absolute atomic E-state index is 0.199. The normalized spacial score (nSPS) is 18.8. The maximum Gasteiger partial charge on any atom is 0.415 e. The quantitative estimate of drug-likeness (QED) is 0.854.